The number of carbonyl (C=O) groups excluding carboxylic acids is 3. The van der Waals surface area contributed by atoms with E-state index < -0.39 is 35.2 Å². The van der Waals surface area contributed by atoms with Crippen LogP contribution in [0.15, 0.2) is 77.7 Å². The molecule has 3 aromatic carbocycles. The average Bonchev–Trinajstić information content (AvgIpc) is 3.04. The predicted octanol–water partition coefficient (Wildman–Crippen LogP) is 5.43. The van der Waals surface area contributed by atoms with Crippen LogP contribution in [0.25, 0.3) is 6.08 Å². The Kier molecular flexibility index (Phi) is 6.50. The third-order valence-electron chi connectivity index (χ3n) is 4.52. The number of benzene rings is 3. The first-order valence-corrected chi connectivity index (χ1v) is 10.5. The van der Waals surface area contributed by atoms with Gasteiger partial charge in [-0.15, -0.1) is 0 Å². The van der Waals surface area contributed by atoms with Crippen LogP contribution in [0.5, 0.6) is 11.5 Å². The normalized spacial score (nSPS) is 14.6. The molecule has 0 unspecified atom stereocenters. The summed E-state index contributed by atoms with van der Waals surface area (Å²) in [6, 6.07) is 18.8. The fourth-order valence-electron chi connectivity index (χ4n) is 3.00. The van der Waals surface area contributed by atoms with Crippen molar-refractivity contribution in [3.63, 3.8) is 0 Å². The van der Waals surface area contributed by atoms with Gasteiger partial charge >= 0.3 is 0 Å². The zero-order chi connectivity index (χ0) is 23.4. The molecular weight excluding hydrogens is 450 g/mol. The molecular formula is C24H16F2N2O4S. The second-order valence-corrected chi connectivity index (χ2v) is 7.92. The van der Waals surface area contributed by atoms with Crippen LogP contribution >= 0.6 is 11.8 Å². The lowest BCUT2D eigenvalue weighted by Crippen LogP contribution is -2.36. The molecule has 0 aliphatic carbocycles. The molecule has 6 nitrogen and oxygen atoms in total. The second-order valence-electron chi connectivity index (χ2n) is 6.93. The van der Waals surface area contributed by atoms with E-state index >= 15 is 0 Å². The number of hydrogen-bond donors (Lipinski definition) is 1. The number of rotatable bonds is 6. The Bertz CT molecular complexity index is 1260. The predicted molar refractivity (Wildman–Crippen MR) is 121 cm³/mol. The molecule has 9 heteroatoms. The van der Waals surface area contributed by atoms with E-state index in [4.69, 9.17) is 4.74 Å². The molecule has 3 aromatic rings. The van der Waals surface area contributed by atoms with Crippen LogP contribution in [0.2, 0.25) is 0 Å². The van der Waals surface area contributed by atoms with Gasteiger partial charge in [0.2, 0.25) is 5.91 Å². The van der Waals surface area contributed by atoms with E-state index in [1.807, 2.05) is 18.2 Å². The van der Waals surface area contributed by atoms with Crippen molar-refractivity contribution >= 4 is 40.6 Å². The number of halogens is 2. The Morgan fingerprint density at radius 3 is 2.48 bits per heavy atom. The molecule has 1 fully saturated rings. The minimum Gasteiger partial charge on any atom is -0.457 e. The van der Waals surface area contributed by atoms with Crippen LogP contribution in [0.4, 0.5) is 19.3 Å². The molecule has 1 heterocycles. The lowest BCUT2D eigenvalue weighted by molar-refractivity contribution is -0.127. The third-order valence-corrected chi connectivity index (χ3v) is 5.42. The van der Waals surface area contributed by atoms with Crippen LogP contribution in [0.1, 0.15) is 5.56 Å². The maximum atomic E-state index is 13.7. The highest BCUT2D eigenvalue weighted by Crippen LogP contribution is 2.33. The maximum Gasteiger partial charge on any atom is 0.294 e. The highest BCUT2D eigenvalue weighted by Gasteiger charge is 2.36. The summed E-state index contributed by atoms with van der Waals surface area (Å²) in [4.78, 5) is 38.1. The lowest BCUT2D eigenvalue weighted by atomic mass is 10.2. The fraction of sp³-hybridized carbons (Fsp3) is 0.0417. The second kappa shape index (κ2) is 9.66. The Morgan fingerprint density at radius 1 is 0.970 bits per heavy atom. The van der Waals surface area contributed by atoms with Crippen LogP contribution in [0.3, 0.4) is 0 Å². The van der Waals surface area contributed by atoms with Gasteiger partial charge in [0, 0.05) is 6.07 Å². The Balaban J connectivity index is 1.44. The van der Waals surface area contributed by atoms with Crippen molar-refractivity contribution in [1.29, 1.82) is 0 Å². The van der Waals surface area contributed by atoms with Crippen molar-refractivity contribution in [1.82, 2.24) is 4.90 Å². The van der Waals surface area contributed by atoms with Gasteiger partial charge < -0.3 is 10.1 Å². The van der Waals surface area contributed by atoms with E-state index in [2.05, 4.69) is 5.32 Å². The largest absolute Gasteiger partial charge is 0.457 e. The minimum absolute atomic E-state index is 0.137. The van der Waals surface area contributed by atoms with Crippen molar-refractivity contribution < 1.29 is 27.9 Å². The molecule has 33 heavy (non-hydrogen) atoms. The summed E-state index contributed by atoms with van der Waals surface area (Å²) in [5.41, 5.74) is 0.380. The van der Waals surface area contributed by atoms with Crippen molar-refractivity contribution in [3.05, 3.63) is 94.9 Å². The van der Waals surface area contributed by atoms with Crippen molar-refractivity contribution in [3.8, 4) is 11.5 Å². The minimum atomic E-state index is -0.963. The number of nitrogens with one attached hydrogen (secondary N) is 1. The number of para-hydroxylation sites is 1. The van der Waals surface area contributed by atoms with E-state index in [1.54, 1.807) is 36.4 Å². The number of imide groups is 1. The van der Waals surface area contributed by atoms with Gasteiger partial charge in [-0.25, -0.2) is 8.78 Å². The molecule has 0 atom stereocenters. The van der Waals surface area contributed by atoms with Gasteiger partial charge in [0.25, 0.3) is 11.1 Å². The highest BCUT2D eigenvalue weighted by atomic mass is 32.2. The van der Waals surface area contributed by atoms with Gasteiger partial charge in [0.05, 0.1) is 10.6 Å². The van der Waals surface area contributed by atoms with Crippen LogP contribution in [0, 0.1) is 11.6 Å². The molecule has 0 bridgehead atoms. The molecule has 1 N–H and O–H groups in total. The van der Waals surface area contributed by atoms with Crippen LogP contribution in [-0.2, 0) is 9.59 Å². The molecule has 1 saturated heterocycles. The molecule has 0 spiro atoms. The molecule has 1 aliphatic heterocycles. The Morgan fingerprint density at radius 2 is 1.73 bits per heavy atom. The number of nitrogens with zero attached hydrogens (tertiary/aromatic N) is 1. The van der Waals surface area contributed by atoms with Crippen LogP contribution in [-0.4, -0.2) is 28.5 Å². The summed E-state index contributed by atoms with van der Waals surface area (Å²) in [5, 5.41) is 1.60. The molecule has 0 aromatic heterocycles. The first-order valence-electron chi connectivity index (χ1n) is 9.72. The summed E-state index contributed by atoms with van der Waals surface area (Å²) < 4.78 is 32.5. The zero-order valence-electron chi connectivity index (χ0n) is 17.0. The third kappa shape index (κ3) is 5.45. The summed E-state index contributed by atoms with van der Waals surface area (Å²) >= 11 is 0.694. The maximum absolute atomic E-state index is 13.7. The van der Waals surface area contributed by atoms with Gasteiger partial charge in [0.1, 0.15) is 29.7 Å². The Hall–Kier alpha value is -3.98. The number of carbonyl (C=O) groups is 3. The first kappa shape index (κ1) is 22.2. The molecule has 4 rings (SSSR count). The quantitative estimate of drug-likeness (QED) is 0.490. The highest BCUT2D eigenvalue weighted by molar-refractivity contribution is 8.18. The SMILES string of the molecule is O=C(CN1C(=O)S/C(=C/c2cccc(Oc3ccccc3)c2)C1=O)Nc1ccc(F)cc1F. The molecule has 3 amide bonds. The summed E-state index contributed by atoms with van der Waals surface area (Å²) in [5.74, 6) is -1.99. The summed E-state index contributed by atoms with van der Waals surface area (Å²) in [6.07, 6.45) is 1.53. The smallest absolute Gasteiger partial charge is 0.294 e. The topological polar surface area (TPSA) is 75.7 Å². The average molecular weight is 466 g/mol. The van der Waals surface area contributed by atoms with E-state index in [0.717, 1.165) is 17.0 Å². The monoisotopic (exact) mass is 466 g/mol. The van der Waals surface area contributed by atoms with E-state index in [9.17, 15) is 23.2 Å². The zero-order valence-corrected chi connectivity index (χ0v) is 17.8. The van der Waals surface area contributed by atoms with E-state index in [1.165, 1.54) is 6.08 Å². The number of thioether (sulfide) groups is 1. The van der Waals surface area contributed by atoms with Gasteiger partial charge in [-0.2, -0.15) is 0 Å². The van der Waals surface area contributed by atoms with E-state index in [-0.39, 0.29) is 10.6 Å². The molecule has 166 valence electrons. The van der Waals surface area contributed by atoms with Crippen molar-refractivity contribution in [2.24, 2.45) is 0 Å². The van der Waals surface area contributed by atoms with E-state index in [0.29, 0.717) is 34.9 Å². The van der Waals surface area contributed by atoms with Crippen molar-refractivity contribution in [2.75, 3.05) is 11.9 Å². The number of amides is 3. The summed E-state index contributed by atoms with van der Waals surface area (Å²) in [7, 11) is 0. The fourth-order valence-corrected chi connectivity index (χ4v) is 3.84. The number of hydrogen-bond acceptors (Lipinski definition) is 5. The van der Waals surface area contributed by atoms with Gasteiger partial charge in [0.15, 0.2) is 0 Å². The summed E-state index contributed by atoms with van der Waals surface area (Å²) in [6.45, 7) is -0.601. The number of ether oxygens (including phenoxy) is 1. The standard InChI is InChI=1S/C24H16F2N2O4S/c25-16-9-10-20(19(26)13-16)27-22(29)14-28-23(30)21(33-24(28)31)12-15-5-4-8-18(11-15)32-17-6-2-1-3-7-17/h1-13H,14H2,(H,27,29)/b21-12+. The first-order chi connectivity index (χ1) is 15.9. The molecule has 0 radical (unpaired) electrons. The van der Waals surface area contributed by atoms with Gasteiger partial charge in [-0.3, -0.25) is 19.3 Å². The van der Waals surface area contributed by atoms with Crippen LogP contribution < -0.4 is 10.1 Å². The van der Waals surface area contributed by atoms with Crippen molar-refractivity contribution in [2.45, 2.75) is 0 Å². The molecule has 1 aliphatic rings. The van der Waals surface area contributed by atoms with Gasteiger partial charge in [-0.1, -0.05) is 30.3 Å². The molecule has 0 saturated carbocycles. The van der Waals surface area contributed by atoms with Gasteiger partial charge in [-0.05, 0) is 59.8 Å². The Labute approximate surface area is 191 Å². The lowest BCUT2D eigenvalue weighted by Gasteiger charge is -2.12. The number of anilines is 1.